The summed E-state index contributed by atoms with van der Waals surface area (Å²) in [5.74, 6) is -0.287. The molecule has 0 bridgehead atoms. The third-order valence-electron chi connectivity index (χ3n) is 1.46. The number of unbranched alkanes of at least 4 members (excludes halogenated alkanes) is 2. The second-order valence-electron chi connectivity index (χ2n) is 2.61. The summed E-state index contributed by atoms with van der Waals surface area (Å²) in [5.41, 5.74) is 0. The minimum absolute atomic E-state index is 0.287. The van der Waals surface area contributed by atoms with E-state index in [0.29, 0.717) is 12.8 Å². The molecular formula is C5H15O5PS. The fraction of sp³-hybridized carbons (Fsp3) is 1.00. The van der Waals surface area contributed by atoms with Gasteiger partial charge in [0.05, 0.1) is 0 Å². The Morgan fingerprint density at radius 3 is 2.17 bits per heavy atom. The van der Waals surface area contributed by atoms with E-state index >= 15 is 0 Å². The van der Waals surface area contributed by atoms with E-state index in [1.54, 1.807) is 0 Å². The van der Waals surface area contributed by atoms with E-state index in [-0.39, 0.29) is 5.75 Å². The normalized spacial score (nSPS) is 14.7. The summed E-state index contributed by atoms with van der Waals surface area (Å²) < 4.78 is 30.2. The van der Waals surface area contributed by atoms with E-state index in [1.807, 2.05) is 6.92 Å². The highest BCUT2D eigenvalue weighted by Crippen LogP contribution is 2.47. The van der Waals surface area contributed by atoms with Crippen molar-refractivity contribution in [3.8, 4) is 0 Å². The van der Waals surface area contributed by atoms with E-state index in [2.05, 4.69) is 0 Å². The molecule has 76 valence electrons. The first-order valence-electron chi connectivity index (χ1n) is 3.69. The molecule has 0 aliphatic carbocycles. The van der Waals surface area contributed by atoms with Crippen molar-refractivity contribution in [2.45, 2.75) is 26.2 Å². The van der Waals surface area contributed by atoms with Gasteiger partial charge in [0.2, 0.25) is 0 Å². The Balaban J connectivity index is 4.07. The van der Waals surface area contributed by atoms with E-state index in [0.717, 1.165) is 6.42 Å². The van der Waals surface area contributed by atoms with Gasteiger partial charge in [-0.25, -0.2) is 8.77 Å². The zero-order valence-corrected chi connectivity index (χ0v) is 8.67. The largest absolute Gasteiger partial charge is 0.434 e. The highest BCUT2D eigenvalue weighted by atomic mass is 32.8. The predicted octanol–water partition coefficient (Wildman–Crippen LogP) is 0.759. The Morgan fingerprint density at radius 2 is 1.83 bits per heavy atom. The molecule has 0 unspecified atom stereocenters. The Kier molecular flexibility index (Phi) is 4.58. The lowest BCUT2D eigenvalue weighted by molar-refractivity contribution is 0.384. The highest BCUT2D eigenvalue weighted by molar-refractivity contribution is 8.52. The van der Waals surface area contributed by atoms with Crippen LogP contribution in [0.5, 0.6) is 0 Å². The van der Waals surface area contributed by atoms with Crippen LogP contribution < -0.4 is 0 Å². The smallest absolute Gasteiger partial charge is 0.310 e. The molecule has 0 saturated heterocycles. The Hall–Kier alpha value is 0.260. The summed E-state index contributed by atoms with van der Waals surface area (Å²) in [6, 6.07) is 0. The zero-order valence-electron chi connectivity index (χ0n) is 6.88. The Morgan fingerprint density at radius 1 is 1.33 bits per heavy atom. The maximum absolute atomic E-state index is 10.9. The molecule has 3 N–H and O–H groups in total. The van der Waals surface area contributed by atoms with Crippen molar-refractivity contribution < 1.29 is 23.1 Å². The Bertz CT molecular complexity index is 222. The molecule has 0 aromatic heterocycles. The van der Waals surface area contributed by atoms with Crippen molar-refractivity contribution in [1.82, 2.24) is 0 Å². The monoisotopic (exact) mass is 218 g/mol. The third kappa shape index (κ3) is 3.78. The first-order valence-corrected chi connectivity index (χ1v) is 7.85. The summed E-state index contributed by atoms with van der Waals surface area (Å²) in [4.78, 5) is 16.9. The molecule has 0 rings (SSSR count). The van der Waals surface area contributed by atoms with Crippen LogP contribution in [0.15, 0.2) is 0 Å². The fourth-order valence-corrected chi connectivity index (χ4v) is 2.80. The average molecular weight is 218 g/mol. The standard InChI is InChI=1S/C5H15O5PS/c1-2-3-4-5-12(9,10)11(6,7)8/h12H,2-5H2,1H3,(H,9,10)(H2,6,7,8). The topological polar surface area (TPSA) is 94.8 Å². The van der Waals surface area contributed by atoms with E-state index in [9.17, 15) is 8.77 Å². The van der Waals surface area contributed by atoms with Crippen molar-refractivity contribution in [3.63, 3.8) is 0 Å². The molecule has 0 saturated carbocycles. The van der Waals surface area contributed by atoms with Gasteiger partial charge >= 0.3 is 6.80 Å². The second-order valence-corrected chi connectivity index (χ2v) is 8.85. The van der Waals surface area contributed by atoms with Crippen LogP contribution in [0.1, 0.15) is 26.2 Å². The molecule has 0 fully saturated rings. The molecule has 0 radical (unpaired) electrons. The van der Waals surface area contributed by atoms with Crippen LogP contribution in [0.25, 0.3) is 0 Å². The number of rotatable bonds is 5. The third-order valence-corrected chi connectivity index (χ3v) is 6.22. The number of hydrogen-bond donors (Lipinski definition) is 4. The summed E-state index contributed by atoms with van der Waals surface area (Å²) in [7, 11) is -4.24. The molecule has 0 aliphatic heterocycles. The van der Waals surface area contributed by atoms with Crippen molar-refractivity contribution >= 4 is 16.6 Å². The number of hydrogen-bond acceptors (Lipinski definition) is 2. The van der Waals surface area contributed by atoms with Crippen molar-refractivity contribution in [2.24, 2.45) is 0 Å². The molecule has 7 heteroatoms. The molecule has 0 atom stereocenters. The van der Waals surface area contributed by atoms with E-state index in [4.69, 9.17) is 14.3 Å². The minimum Gasteiger partial charge on any atom is -0.310 e. The van der Waals surface area contributed by atoms with Gasteiger partial charge in [0.25, 0.3) is 0 Å². The van der Waals surface area contributed by atoms with Crippen LogP contribution in [-0.4, -0.2) is 24.3 Å². The molecular weight excluding hydrogens is 203 g/mol. The van der Waals surface area contributed by atoms with Gasteiger partial charge in [-0.15, -0.1) is 9.83 Å². The SMILES string of the molecule is CCCCC[SH](=O)(O)P(=O)(O)O. The fourth-order valence-electron chi connectivity index (χ4n) is 0.698. The van der Waals surface area contributed by atoms with Crippen LogP contribution in [0.4, 0.5) is 0 Å². The lowest BCUT2D eigenvalue weighted by Crippen LogP contribution is -2.14. The summed E-state index contributed by atoms with van der Waals surface area (Å²) in [6.45, 7) is -2.90. The van der Waals surface area contributed by atoms with Gasteiger partial charge in [0.1, 0.15) is 0 Å². The van der Waals surface area contributed by atoms with Gasteiger partial charge in [-0.05, 0) is 6.42 Å². The van der Waals surface area contributed by atoms with Gasteiger partial charge in [-0.2, -0.15) is 0 Å². The van der Waals surface area contributed by atoms with E-state index in [1.165, 1.54) is 0 Å². The average Bonchev–Trinajstić information content (AvgIpc) is 1.85. The van der Waals surface area contributed by atoms with Crippen molar-refractivity contribution in [3.05, 3.63) is 0 Å². The van der Waals surface area contributed by atoms with Crippen LogP contribution in [-0.2, 0) is 14.4 Å². The zero-order chi connectivity index (χ0) is 9.83. The lowest BCUT2D eigenvalue weighted by Gasteiger charge is -2.22. The molecule has 12 heavy (non-hydrogen) atoms. The summed E-state index contributed by atoms with van der Waals surface area (Å²) in [6.07, 6.45) is 1.95. The van der Waals surface area contributed by atoms with Gasteiger partial charge in [-0.3, -0.25) is 4.55 Å². The summed E-state index contributed by atoms with van der Waals surface area (Å²) >= 11 is 0. The molecule has 0 heterocycles. The molecule has 0 spiro atoms. The predicted molar refractivity (Wildman–Crippen MR) is 48.6 cm³/mol. The molecule has 5 nitrogen and oxygen atoms in total. The molecule has 0 aliphatic rings. The first-order chi connectivity index (χ1) is 5.31. The highest BCUT2D eigenvalue weighted by Gasteiger charge is 2.27. The van der Waals surface area contributed by atoms with Gasteiger partial charge in [0, 0.05) is 5.75 Å². The molecule has 0 aromatic rings. The Labute approximate surface area is 72.3 Å². The van der Waals surface area contributed by atoms with Crippen molar-refractivity contribution in [1.29, 1.82) is 0 Å². The van der Waals surface area contributed by atoms with Crippen molar-refractivity contribution in [2.75, 3.05) is 5.75 Å². The van der Waals surface area contributed by atoms with Crippen LogP contribution in [0, 0.1) is 0 Å². The second kappa shape index (κ2) is 4.48. The first kappa shape index (κ1) is 12.3. The van der Waals surface area contributed by atoms with Gasteiger partial charge in [0.15, 0.2) is 0 Å². The lowest BCUT2D eigenvalue weighted by atomic mass is 10.3. The van der Waals surface area contributed by atoms with E-state index < -0.39 is 16.6 Å². The quantitative estimate of drug-likeness (QED) is 0.310. The van der Waals surface area contributed by atoms with Gasteiger partial charge < -0.3 is 9.79 Å². The van der Waals surface area contributed by atoms with Crippen LogP contribution in [0.3, 0.4) is 0 Å². The molecule has 0 amide bonds. The molecule has 0 aromatic carbocycles. The maximum atomic E-state index is 10.9. The maximum Gasteiger partial charge on any atom is 0.434 e. The van der Waals surface area contributed by atoms with Gasteiger partial charge in [-0.1, -0.05) is 19.8 Å². The van der Waals surface area contributed by atoms with Crippen LogP contribution in [0.2, 0.25) is 0 Å². The minimum atomic E-state index is -4.80. The van der Waals surface area contributed by atoms with Crippen LogP contribution >= 0.6 is 6.80 Å². The number of thiol groups is 1. The summed E-state index contributed by atoms with van der Waals surface area (Å²) in [5, 5.41) is 0.